The Morgan fingerprint density at radius 3 is 2.28 bits per heavy atom. The van der Waals surface area contributed by atoms with Crippen molar-refractivity contribution in [1.29, 1.82) is 0 Å². The highest BCUT2D eigenvalue weighted by molar-refractivity contribution is 5.79. The minimum Gasteiger partial charge on any atom is -0.461 e. The Bertz CT molecular complexity index is 1090. The molecule has 0 bridgehead atoms. The van der Waals surface area contributed by atoms with Gasteiger partial charge in [0.15, 0.2) is 0 Å². The zero-order valence-electron chi connectivity index (χ0n) is 19.3. The van der Waals surface area contributed by atoms with Crippen LogP contribution < -0.4 is 4.74 Å². The lowest BCUT2D eigenvalue weighted by molar-refractivity contribution is -0.147. The van der Waals surface area contributed by atoms with Crippen LogP contribution in [0.25, 0.3) is 0 Å². The van der Waals surface area contributed by atoms with E-state index in [1.165, 1.54) is 0 Å². The van der Waals surface area contributed by atoms with E-state index in [1.54, 1.807) is 0 Å². The molecule has 1 aliphatic carbocycles. The molecule has 1 fully saturated rings. The number of nitrogens with zero attached hydrogens (tertiary/aromatic N) is 2. The summed E-state index contributed by atoms with van der Waals surface area (Å²) in [7, 11) is 0. The Morgan fingerprint density at radius 1 is 0.969 bits per heavy atom. The number of benzene rings is 2. The number of hydrogen-bond acceptors (Lipinski definition) is 5. The first-order chi connectivity index (χ1) is 15.2. The van der Waals surface area contributed by atoms with Gasteiger partial charge in [-0.25, -0.2) is 9.97 Å². The smallest absolute Gasteiger partial charge is 0.310 e. The first-order valence-corrected chi connectivity index (χ1v) is 11.0. The standard InChI is InChI=1S/C27H30N2O3/c1-26(2,3)25-28-15-19(16-29-25)22-23(27(22,4)5)24(30)31-17-18-10-9-13-21(14-18)32-20-11-7-6-8-12-20/h6-16,22-23H,17H2,1-5H3/t22-,23+/m1/s1. The van der Waals surface area contributed by atoms with Crippen LogP contribution in [-0.4, -0.2) is 15.9 Å². The molecule has 0 unspecified atom stereocenters. The van der Waals surface area contributed by atoms with Crippen molar-refractivity contribution >= 4 is 5.97 Å². The molecule has 2 aromatic carbocycles. The van der Waals surface area contributed by atoms with Crippen LogP contribution in [-0.2, 0) is 21.6 Å². The number of para-hydroxylation sites is 1. The van der Waals surface area contributed by atoms with E-state index >= 15 is 0 Å². The topological polar surface area (TPSA) is 61.3 Å². The van der Waals surface area contributed by atoms with E-state index in [0.717, 1.165) is 22.7 Å². The zero-order valence-corrected chi connectivity index (χ0v) is 19.3. The van der Waals surface area contributed by atoms with Gasteiger partial charge in [-0.15, -0.1) is 0 Å². The maximum Gasteiger partial charge on any atom is 0.310 e. The van der Waals surface area contributed by atoms with Gasteiger partial charge in [0.1, 0.15) is 23.9 Å². The number of carbonyl (C=O) groups is 1. The molecular weight excluding hydrogens is 400 g/mol. The molecule has 5 nitrogen and oxygen atoms in total. The third-order valence-electron chi connectivity index (χ3n) is 6.04. The predicted octanol–water partition coefficient (Wildman–Crippen LogP) is 6.05. The molecule has 0 radical (unpaired) electrons. The minimum absolute atomic E-state index is 0.0665. The monoisotopic (exact) mass is 430 g/mol. The summed E-state index contributed by atoms with van der Waals surface area (Å²) in [5.74, 6) is 1.96. The van der Waals surface area contributed by atoms with Gasteiger partial charge in [-0.05, 0) is 40.8 Å². The van der Waals surface area contributed by atoms with Crippen molar-refractivity contribution in [2.75, 3.05) is 0 Å². The molecule has 1 aromatic heterocycles. The lowest BCUT2D eigenvalue weighted by atomic mass is 9.95. The summed E-state index contributed by atoms with van der Waals surface area (Å²) in [6.07, 6.45) is 3.72. The summed E-state index contributed by atoms with van der Waals surface area (Å²) in [5.41, 5.74) is 1.60. The van der Waals surface area contributed by atoms with Crippen LogP contribution in [0.15, 0.2) is 67.0 Å². The van der Waals surface area contributed by atoms with E-state index in [-0.39, 0.29) is 35.2 Å². The van der Waals surface area contributed by atoms with Crippen LogP contribution in [0, 0.1) is 11.3 Å². The summed E-state index contributed by atoms with van der Waals surface area (Å²) < 4.78 is 11.6. The number of esters is 1. The number of ether oxygens (including phenoxy) is 2. The van der Waals surface area contributed by atoms with Gasteiger partial charge < -0.3 is 9.47 Å². The molecule has 1 saturated carbocycles. The molecule has 166 valence electrons. The Kier molecular flexibility index (Phi) is 5.76. The maximum absolute atomic E-state index is 12.9. The average Bonchev–Trinajstić information content (AvgIpc) is 3.34. The molecule has 3 aromatic rings. The van der Waals surface area contributed by atoms with Gasteiger partial charge in [-0.1, -0.05) is 65.0 Å². The van der Waals surface area contributed by atoms with E-state index in [0.29, 0.717) is 5.75 Å². The van der Waals surface area contributed by atoms with E-state index in [9.17, 15) is 4.79 Å². The highest BCUT2D eigenvalue weighted by atomic mass is 16.5. The average molecular weight is 431 g/mol. The summed E-state index contributed by atoms with van der Waals surface area (Å²) in [4.78, 5) is 21.9. The summed E-state index contributed by atoms with van der Waals surface area (Å²) in [6.45, 7) is 10.7. The Balaban J connectivity index is 1.38. The molecule has 5 heteroatoms. The molecule has 1 aliphatic rings. The summed E-state index contributed by atoms with van der Waals surface area (Å²) in [5, 5.41) is 0. The van der Waals surface area contributed by atoms with Gasteiger partial charge in [-0.2, -0.15) is 0 Å². The minimum atomic E-state index is -0.199. The first kappa shape index (κ1) is 22.0. The van der Waals surface area contributed by atoms with Crippen molar-refractivity contribution in [1.82, 2.24) is 9.97 Å². The second-order valence-electron chi connectivity index (χ2n) is 10.0. The van der Waals surface area contributed by atoms with Crippen molar-refractivity contribution in [2.45, 2.75) is 52.6 Å². The van der Waals surface area contributed by atoms with E-state index in [1.807, 2.05) is 67.0 Å². The van der Waals surface area contributed by atoms with Gasteiger partial charge in [-0.3, -0.25) is 4.79 Å². The van der Waals surface area contributed by atoms with Crippen molar-refractivity contribution in [3.63, 3.8) is 0 Å². The van der Waals surface area contributed by atoms with Crippen LogP contribution in [0.1, 0.15) is 57.5 Å². The van der Waals surface area contributed by atoms with Crippen molar-refractivity contribution in [3.05, 3.63) is 83.9 Å². The van der Waals surface area contributed by atoms with Crippen molar-refractivity contribution in [3.8, 4) is 11.5 Å². The van der Waals surface area contributed by atoms with Gasteiger partial charge in [0.2, 0.25) is 0 Å². The molecule has 2 atom stereocenters. The number of carbonyl (C=O) groups excluding carboxylic acids is 1. The van der Waals surface area contributed by atoms with Crippen molar-refractivity contribution in [2.24, 2.45) is 11.3 Å². The highest BCUT2D eigenvalue weighted by Crippen LogP contribution is 2.64. The van der Waals surface area contributed by atoms with Crippen LogP contribution in [0.4, 0.5) is 0 Å². The van der Waals surface area contributed by atoms with E-state index < -0.39 is 0 Å². The largest absolute Gasteiger partial charge is 0.461 e. The fourth-order valence-corrected chi connectivity index (χ4v) is 4.15. The summed E-state index contributed by atoms with van der Waals surface area (Å²) >= 11 is 0. The normalized spacial score (nSPS) is 19.3. The number of aromatic nitrogens is 2. The fourth-order valence-electron chi connectivity index (χ4n) is 4.15. The maximum atomic E-state index is 12.9. The summed E-state index contributed by atoms with van der Waals surface area (Å²) in [6, 6.07) is 17.2. The third kappa shape index (κ3) is 4.67. The highest BCUT2D eigenvalue weighted by Gasteiger charge is 2.63. The second-order valence-corrected chi connectivity index (χ2v) is 10.0. The third-order valence-corrected chi connectivity index (χ3v) is 6.04. The van der Waals surface area contributed by atoms with Crippen LogP contribution in [0.3, 0.4) is 0 Å². The van der Waals surface area contributed by atoms with Gasteiger partial charge in [0.05, 0.1) is 5.92 Å². The molecule has 0 spiro atoms. The molecule has 0 saturated heterocycles. The Labute approximate surface area is 189 Å². The Morgan fingerprint density at radius 2 is 1.62 bits per heavy atom. The molecule has 0 aliphatic heterocycles. The Hall–Kier alpha value is -3.21. The van der Waals surface area contributed by atoms with Crippen LogP contribution >= 0.6 is 0 Å². The molecular formula is C27H30N2O3. The van der Waals surface area contributed by atoms with E-state index in [4.69, 9.17) is 9.47 Å². The zero-order chi connectivity index (χ0) is 22.9. The molecule has 1 heterocycles. The van der Waals surface area contributed by atoms with Crippen LogP contribution in [0.2, 0.25) is 0 Å². The molecule has 0 N–H and O–H groups in total. The van der Waals surface area contributed by atoms with E-state index in [2.05, 4.69) is 44.6 Å². The van der Waals surface area contributed by atoms with Gasteiger partial charge in [0, 0.05) is 23.7 Å². The molecule has 4 rings (SSSR count). The second kappa shape index (κ2) is 8.38. The molecule has 32 heavy (non-hydrogen) atoms. The fraction of sp³-hybridized carbons (Fsp3) is 0.370. The first-order valence-electron chi connectivity index (χ1n) is 11.0. The van der Waals surface area contributed by atoms with Gasteiger partial charge >= 0.3 is 5.97 Å². The lowest BCUT2D eigenvalue weighted by Crippen LogP contribution is -2.16. The predicted molar refractivity (Wildman–Crippen MR) is 123 cm³/mol. The van der Waals surface area contributed by atoms with Crippen molar-refractivity contribution < 1.29 is 14.3 Å². The SMILES string of the molecule is CC(C)(C)c1ncc([C@@H]2[C@@H](C(=O)OCc3cccc(Oc4ccccc4)c3)C2(C)C)cn1. The van der Waals surface area contributed by atoms with Crippen LogP contribution in [0.5, 0.6) is 11.5 Å². The lowest BCUT2D eigenvalue weighted by Gasteiger charge is -2.16. The molecule has 0 amide bonds. The number of hydrogen-bond donors (Lipinski definition) is 0. The quantitative estimate of drug-likeness (QED) is 0.446. The van der Waals surface area contributed by atoms with Gasteiger partial charge in [0.25, 0.3) is 0 Å². The number of rotatable bonds is 6.